The zero-order valence-corrected chi connectivity index (χ0v) is 11.5. The minimum absolute atomic E-state index is 0.260. The van der Waals surface area contributed by atoms with Crippen molar-refractivity contribution in [2.75, 3.05) is 24.7 Å². The lowest BCUT2D eigenvalue weighted by Gasteiger charge is -2.12. The standard InChI is InChI=1S/C14H16N6/c1-19(2)12-11-13(18-14(15)17-12)20(9-16-11)8-10-6-4-3-5-7-10/h3-7,9H,8H2,1-2H3,(H2,15,17,18). The molecular weight excluding hydrogens is 252 g/mol. The van der Waals surface area contributed by atoms with Gasteiger partial charge in [0, 0.05) is 14.1 Å². The van der Waals surface area contributed by atoms with Crippen LogP contribution in [0.25, 0.3) is 11.2 Å². The number of nitrogens with zero attached hydrogens (tertiary/aromatic N) is 5. The summed E-state index contributed by atoms with van der Waals surface area (Å²) in [4.78, 5) is 14.9. The van der Waals surface area contributed by atoms with E-state index in [0.29, 0.717) is 6.54 Å². The molecule has 2 N–H and O–H groups in total. The van der Waals surface area contributed by atoms with Gasteiger partial charge in [-0.05, 0) is 5.56 Å². The molecule has 6 nitrogen and oxygen atoms in total. The van der Waals surface area contributed by atoms with Gasteiger partial charge in [0.05, 0.1) is 12.9 Å². The number of rotatable bonds is 3. The maximum Gasteiger partial charge on any atom is 0.224 e. The van der Waals surface area contributed by atoms with Crippen LogP contribution in [0.15, 0.2) is 36.7 Å². The Kier molecular flexibility index (Phi) is 2.98. The summed E-state index contributed by atoms with van der Waals surface area (Å²) in [6.45, 7) is 0.709. The smallest absolute Gasteiger partial charge is 0.224 e. The van der Waals surface area contributed by atoms with E-state index >= 15 is 0 Å². The van der Waals surface area contributed by atoms with Crippen molar-refractivity contribution in [1.29, 1.82) is 0 Å². The first kappa shape index (κ1) is 12.4. The highest BCUT2D eigenvalue weighted by atomic mass is 15.2. The molecule has 0 amide bonds. The molecule has 6 heteroatoms. The van der Waals surface area contributed by atoms with Gasteiger partial charge < -0.3 is 15.2 Å². The molecule has 0 radical (unpaired) electrons. The summed E-state index contributed by atoms with van der Waals surface area (Å²) in [6.07, 6.45) is 1.78. The van der Waals surface area contributed by atoms with E-state index in [4.69, 9.17) is 5.73 Å². The molecule has 0 aliphatic carbocycles. The topological polar surface area (TPSA) is 72.9 Å². The van der Waals surface area contributed by atoms with Gasteiger partial charge >= 0.3 is 0 Å². The molecular formula is C14H16N6. The molecule has 0 aliphatic heterocycles. The fraction of sp³-hybridized carbons (Fsp3) is 0.214. The molecule has 0 saturated carbocycles. The van der Waals surface area contributed by atoms with E-state index in [1.54, 1.807) is 6.33 Å². The summed E-state index contributed by atoms with van der Waals surface area (Å²) < 4.78 is 1.98. The summed E-state index contributed by atoms with van der Waals surface area (Å²) in [5.74, 6) is 0.996. The third kappa shape index (κ3) is 2.16. The van der Waals surface area contributed by atoms with E-state index in [2.05, 4.69) is 27.1 Å². The molecule has 0 aliphatic rings. The quantitative estimate of drug-likeness (QED) is 0.779. The summed E-state index contributed by atoms with van der Waals surface area (Å²) in [7, 11) is 3.83. The van der Waals surface area contributed by atoms with Gasteiger partial charge in [-0.25, -0.2) is 4.98 Å². The highest BCUT2D eigenvalue weighted by Crippen LogP contribution is 2.22. The molecule has 0 saturated heterocycles. The van der Waals surface area contributed by atoms with Crippen molar-refractivity contribution in [2.45, 2.75) is 6.54 Å². The molecule has 0 fully saturated rings. The summed E-state index contributed by atoms with van der Waals surface area (Å²) in [5.41, 5.74) is 8.50. The van der Waals surface area contributed by atoms with Gasteiger partial charge in [0.2, 0.25) is 5.95 Å². The number of hydrogen-bond donors (Lipinski definition) is 1. The Bertz CT molecular complexity index is 732. The van der Waals surface area contributed by atoms with E-state index in [9.17, 15) is 0 Å². The van der Waals surface area contributed by atoms with Crippen LogP contribution in [0.2, 0.25) is 0 Å². The van der Waals surface area contributed by atoms with Crippen LogP contribution < -0.4 is 10.6 Å². The number of aromatic nitrogens is 4. The number of fused-ring (bicyclic) bond motifs is 1. The second-order valence-electron chi connectivity index (χ2n) is 4.83. The Labute approximate surface area is 116 Å². The van der Waals surface area contributed by atoms with Crippen LogP contribution in [-0.2, 0) is 6.54 Å². The molecule has 3 rings (SSSR count). The van der Waals surface area contributed by atoms with Gasteiger partial charge in [-0.15, -0.1) is 0 Å². The maximum atomic E-state index is 5.79. The highest BCUT2D eigenvalue weighted by molar-refractivity contribution is 5.84. The van der Waals surface area contributed by atoms with Gasteiger partial charge in [0.1, 0.15) is 0 Å². The lowest BCUT2D eigenvalue weighted by molar-refractivity contribution is 0.814. The average molecular weight is 268 g/mol. The zero-order chi connectivity index (χ0) is 14.1. The van der Waals surface area contributed by atoms with E-state index in [-0.39, 0.29) is 5.95 Å². The lowest BCUT2D eigenvalue weighted by atomic mass is 10.2. The Morgan fingerprint density at radius 3 is 2.60 bits per heavy atom. The van der Waals surface area contributed by atoms with Crippen molar-refractivity contribution < 1.29 is 0 Å². The number of anilines is 2. The second-order valence-corrected chi connectivity index (χ2v) is 4.83. The van der Waals surface area contributed by atoms with E-state index in [0.717, 1.165) is 17.0 Å². The summed E-state index contributed by atoms with van der Waals surface area (Å²) >= 11 is 0. The van der Waals surface area contributed by atoms with Crippen molar-refractivity contribution in [2.24, 2.45) is 0 Å². The maximum absolute atomic E-state index is 5.79. The molecule has 0 atom stereocenters. The van der Waals surface area contributed by atoms with Crippen molar-refractivity contribution in [3.05, 3.63) is 42.2 Å². The normalized spacial score (nSPS) is 10.9. The van der Waals surface area contributed by atoms with Gasteiger partial charge in [-0.2, -0.15) is 9.97 Å². The Morgan fingerprint density at radius 1 is 1.15 bits per heavy atom. The van der Waals surface area contributed by atoms with Crippen LogP contribution in [0.3, 0.4) is 0 Å². The molecule has 102 valence electrons. The predicted octanol–water partition coefficient (Wildman–Crippen LogP) is 1.52. The SMILES string of the molecule is CN(C)c1nc(N)nc2c1ncn2Cc1ccccc1. The van der Waals surface area contributed by atoms with Crippen molar-refractivity contribution in [1.82, 2.24) is 19.5 Å². The van der Waals surface area contributed by atoms with Crippen LogP contribution in [0.4, 0.5) is 11.8 Å². The third-order valence-corrected chi connectivity index (χ3v) is 3.08. The fourth-order valence-corrected chi connectivity index (χ4v) is 2.15. The van der Waals surface area contributed by atoms with E-state index in [1.165, 1.54) is 5.56 Å². The van der Waals surface area contributed by atoms with Crippen molar-refractivity contribution >= 4 is 22.9 Å². The average Bonchev–Trinajstić information content (AvgIpc) is 2.82. The molecule has 1 aromatic carbocycles. The van der Waals surface area contributed by atoms with Crippen LogP contribution in [0, 0.1) is 0 Å². The number of nitrogens with two attached hydrogens (primary N) is 1. The predicted molar refractivity (Wildman–Crippen MR) is 79.6 cm³/mol. The lowest BCUT2D eigenvalue weighted by Crippen LogP contribution is -2.13. The minimum Gasteiger partial charge on any atom is -0.368 e. The van der Waals surface area contributed by atoms with Crippen molar-refractivity contribution in [3.63, 3.8) is 0 Å². The monoisotopic (exact) mass is 268 g/mol. The number of imidazole rings is 1. The largest absolute Gasteiger partial charge is 0.368 e. The van der Waals surface area contributed by atoms with Gasteiger partial charge in [0.15, 0.2) is 17.0 Å². The van der Waals surface area contributed by atoms with Crippen molar-refractivity contribution in [3.8, 4) is 0 Å². The Morgan fingerprint density at radius 2 is 1.90 bits per heavy atom. The zero-order valence-electron chi connectivity index (χ0n) is 11.5. The van der Waals surface area contributed by atoms with E-state index < -0.39 is 0 Å². The van der Waals surface area contributed by atoms with Gasteiger partial charge in [0.25, 0.3) is 0 Å². The summed E-state index contributed by atoms with van der Waals surface area (Å²) in [5, 5.41) is 0. The molecule has 2 aromatic heterocycles. The molecule has 0 spiro atoms. The Hall–Kier alpha value is -2.63. The molecule has 2 heterocycles. The number of benzene rings is 1. The molecule has 3 aromatic rings. The first-order valence-corrected chi connectivity index (χ1v) is 6.35. The Balaban J connectivity index is 2.09. The fourth-order valence-electron chi connectivity index (χ4n) is 2.15. The highest BCUT2D eigenvalue weighted by Gasteiger charge is 2.13. The number of hydrogen-bond acceptors (Lipinski definition) is 5. The van der Waals surface area contributed by atoms with E-state index in [1.807, 2.05) is 41.8 Å². The van der Waals surface area contributed by atoms with Crippen LogP contribution in [0.1, 0.15) is 5.56 Å². The molecule has 20 heavy (non-hydrogen) atoms. The first-order valence-electron chi connectivity index (χ1n) is 6.35. The molecule has 0 unspecified atom stereocenters. The summed E-state index contributed by atoms with van der Waals surface area (Å²) in [6, 6.07) is 10.2. The van der Waals surface area contributed by atoms with Gasteiger partial charge in [-0.1, -0.05) is 30.3 Å². The molecule has 0 bridgehead atoms. The van der Waals surface area contributed by atoms with Gasteiger partial charge in [-0.3, -0.25) is 0 Å². The third-order valence-electron chi connectivity index (χ3n) is 3.08. The van der Waals surface area contributed by atoms with Crippen LogP contribution in [-0.4, -0.2) is 33.6 Å². The van der Waals surface area contributed by atoms with Crippen LogP contribution >= 0.6 is 0 Å². The number of nitrogen functional groups attached to an aromatic ring is 1. The van der Waals surface area contributed by atoms with Crippen LogP contribution in [0.5, 0.6) is 0 Å². The first-order chi connectivity index (χ1) is 9.65. The second kappa shape index (κ2) is 4.80. The minimum atomic E-state index is 0.260.